The standard InChI is InChI=1S/C25H30F4N8O2/c1-15(2)37-19(5-8-31-37)22(38)34-21(17-3-6-24(26,27)7-4-17)18-12-36-20(33-18)9-16(10-32-36)11-35-14-25(28,29)13-30-23(35)39/h5,8-10,12,15,17,21H,3-4,6-7,11,13-14H2,1-2H3,(H,30,39)(H,34,38). The highest BCUT2D eigenvalue weighted by molar-refractivity contribution is 5.92. The minimum atomic E-state index is -3.04. The van der Waals surface area contributed by atoms with Crippen molar-refractivity contribution in [2.45, 2.75) is 70.0 Å². The zero-order valence-electron chi connectivity index (χ0n) is 21.6. The first kappa shape index (κ1) is 26.9. The maximum Gasteiger partial charge on any atom is 0.318 e. The topological polar surface area (TPSA) is 109 Å². The number of carbonyl (C=O) groups is 2. The molecule has 1 saturated heterocycles. The van der Waals surface area contributed by atoms with Gasteiger partial charge in [0, 0.05) is 31.6 Å². The monoisotopic (exact) mass is 550 g/mol. The average molecular weight is 551 g/mol. The number of imidazole rings is 1. The molecule has 2 fully saturated rings. The molecule has 2 N–H and O–H groups in total. The Kier molecular flexibility index (Phi) is 6.97. The third-order valence-electron chi connectivity index (χ3n) is 7.21. The first-order chi connectivity index (χ1) is 18.4. The van der Waals surface area contributed by atoms with Crippen LogP contribution in [0.2, 0.25) is 0 Å². The molecule has 1 aliphatic carbocycles. The summed E-state index contributed by atoms with van der Waals surface area (Å²) in [5, 5.41) is 13.7. The van der Waals surface area contributed by atoms with Gasteiger partial charge in [-0.15, -0.1) is 0 Å². The molecule has 3 aromatic rings. The molecule has 210 valence electrons. The number of urea groups is 1. The zero-order valence-corrected chi connectivity index (χ0v) is 21.6. The number of hydrogen-bond acceptors (Lipinski definition) is 5. The molecule has 14 heteroatoms. The van der Waals surface area contributed by atoms with Crippen molar-refractivity contribution in [2.24, 2.45) is 5.92 Å². The first-order valence-corrected chi connectivity index (χ1v) is 12.9. The van der Waals surface area contributed by atoms with Gasteiger partial charge in [-0.05, 0) is 50.3 Å². The summed E-state index contributed by atoms with van der Waals surface area (Å²) in [7, 11) is 0. The SMILES string of the molecule is CC(C)n1nccc1C(=O)NC(c1cn2ncc(CN3CC(F)(F)CNC3=O)cc2n1)C1CCC(F)(F)CC1. The van der Waals surface area contributed by atoms with Gasteiger partial charge in [0.15, 0.2) is 5.65 Å². The van der Waals surface area contributed by atoms with Crippen molar-refractivity contribution in [3.63, 3.8) is 0 Å². The van der Waals surface area contributed by atoms with Crippen LogP contribution in [0.5, 0.6) is 0 Å². The number of nitrogens with one attached hydrogen (secondary N) is 2. The van der Waals surface area contributed by atoms with E-state index in [4.69, 9.17) is 0 Å². The maximum absolute atomic E-state index is 13.9. The van der Waals surface area contributed by atoms with E-state index in [2.05, 4.69) is 25.8 Å². The van der Waals surface area contributed by atoms with E-state index in [-0.39, 0.29) is 44.2 Å². The van der Waals surface area contributed by atoms with Crippen LogP contribution in [0.25, 0.3) is 5.65 Å². The Morgan fingerprint density at radius 1 is 1.18 bits per heavy atom. The fourth-order valence-electron chi connectivity index (χ4n) is 5.19. The van der Waals surface area contributed by atoms with Crippen LogP contribution in [0.15, 0.2) is 30.7 Å². The number of alkyl halides is 4. The van der Waals surface area contributed by atoms with E-state index in [1.807, 2.05) is 13.8 Å². The molecule has 5 rings (SSSR count). The summed E-state index contributed by atoms with van der Waals surface area (Å²) in [5.41, 5.74) is 1.66. The molecule has 10 nitrogen and oxygen atoms in total. The Morgan fingerprint density at radius 2 is 1.92 bits per heavy atom. The van der Waals surface area contributed by atoms with Gasteiger partial charge in [-0.3, -0.25) is 9.48 Å². The molecular weight excluding hydrogens is 520 g/mol. The van der Waals surface area contributed by atoms with Crippen molar-refractivity contribution in [1.82, 2.24) is 39.9 Å². The van der Waals surface area contributed by atoms with Gasteiger partial charge in [0.05, 0.1) is 37.2 Å². The summed E-state index contributed by atoms with van der Waals surface area (Å²) >= 11 is 0. The second-order valence-corrected chi connectivity index (χ2v) is 10.6. The van der Waals surface area contributed by atoms with Crippen LogP contribution in [-0.4, -0.2) is 66.2 Å². The van der Waals surface area contributed by atoms with Crippen molar-refractivity contribution < 1.29 is 27.2 Å². The smallest absolute Gasteiger partial charge is 0.318 e. The quantitative estimate of drug-likeness (QED) is 0.433. The summed E-state index contributed by atoms with van der Waals surface area (Å²) in [4.78, 5) is 31.0. The van der Waals surface area contributed by atoms with E-state index >= 15 is 0 Å². The van der Waals surface area contributed by atoms with Gasteiger partial charge >= 0.3 is 6.03 Å². The van der Waals surface area contributed by atoms with E-state index < -0.39 is 42.9 Å². The molecule has 1 saturated carbocycles. The molecule has 4 heterocycles. The van der Waals surface area contributed by atoms with Crippen molar-refractivity contribution in [3.05, 3.63) is 47.7 Å². The van der Waals surface area contributed by atoms with E-state index in [0.29, 0.717) is 22.6 Å². The van der Waals surface area contributed by atoms with Gasteiger partial charge in [0.1, 0.15) is 5.69 Å². The molecule has 0 bridgehead atoms. The van der Waals surface area contributed by atoms with Crippen LogP contribution in [0.3, 0.4) is 0 Å². The lowest BCUT2D eigenvalue weighted by Crippen LogP contribution is -2.56. The Hall–Kier alpha value is -3.71. The number of carbonyl (C=O) groups excluding carboxylic acids is 2. The molecule has 1 unspecified atom stereocenters. The Balaban J connectivity index is 1.41. The predicted molar refractivity (Wildman–Crippen MR) is 131 cm³/mol. The van der Waals surface area contributed by atoms with Crippen LogP contribution in [0.1, 0.15) is 73.4 Å². The summed E-state index contributed by atoms with van der Waals surface area (Å²) in [6, 6.07) is 1.90. The van der Waals surface area contributed by atoms with E-state index in [0.717, 1.165) is 4.90 Å². The third-order valence-corrected chi connectivity index (χ3v) is 7.21. The Bertz CT molecular complexity index is 1360. The maximum atomic E-state index is 13.9. The fourth-order valence-corrected chi connectivity index (χ4v) is 5.19. The molecule has 3 aromatic heterocycles. The van der Waals surface area contributed by atoms with Crippen molar-refractivity contribution in [1.29, 1.82) is 0 Å². The number of rotatable bonds is 7. The van der Waals surface area contributed by atoms with Crippen LogP contribution in [0.4, 0.5) is 22.4 Å². The van der Waals surface area contributed by atoms with Gasteiger partial charge in [0.25, 0.3) is 11.8 Å². The second kappa shape index (κ2) is 10.1. The molecular formula is C25H30F4N8O2. The van der Waals surface area contributed by atoms with Gasteiger partial charge in [-0.2, -0.15) is 10.2 Å². The van der Waals surface area contributed by atoms with Crippen LogP contribution in [-0.2, 0) is 6.54 Å². The van der Waals surface area contributed by atoms with Crippen molar-refractivity contribution in [2.75, 3.05) is 13.1 Å². The summed E-state index contributed by atoms with van der Waals surface area (Å²) < 4.78 is 58.5. The first-order valence-electron chi connectivity index (χ1n) is 12.9. The lowest BCUT2D eigenvalue weighted by atomic mass is 9.81. The average Bonchev–Trinajstić information content (AvgIpc) is 3.52. The third kappa shape index (κ3) is 5.83. The predicted octanol–water partition coefficient (Wildman–Crippen LogP) is 3.96. The van der Waals surface area contributed by atoms with Gasteiger partial charge < -0.3 is 15.5 Å². The molecule has 1 aliphatic heterocycles. The molecule has 0 radical (unpaired) electrons. The highest BCUT2D eigenvalue weighted by atomic mass is 19.3. The molecule has 1 atom stereocenters. The number of amides is 3. The number of fused-ring (bicyclic) bond motifs is 1. The van der Waals surface area contributed by atoms with Gasteiger partial charge in [0.2, 0.25) is 5.92 Å². The lowest BCUT2D eigenvalue weighted by molar-refractivity contribution is -0.0495. The van der Waals surface area contributed by atoms with Gasteiger partial charge in [-0.1, -0.05) is 0 Å². The Labute approximate surface area is 221 Å². The zero-order chi connectivity index (χ0) is 27.9. The summed E-state index contributed by atoms with van der Waals surface area (Å²) in [5.74, 6) is -6.47. The van der Waals surface area contributed by atoms with Crippen molar-refractivity contribution >= 4 is 17.6 Å². The van der Waals surface area contributed by atoms with Crippen molar-refractivity contribution in [3.8, 4) is 0 Å². The largest absolute Gasteiger partial charge is 0.342 e. The van der Waals surface area contributed by atoms with E-state index in [1.54, 1.807) is 23.0 Å². The number of nitrogens with zero attached hydrogens (tertiary/aromatic N) is 6. The highest BCUT2D eigenvalue weighted by Crippen LogP contribution is 2.41. The van der Waals surface area contributed by atoms with Crippen LogP contribution >= 0.6 is 0 Å². The normalized spacial score (nSPS) is 20.3. The van der Waals surface area contributed by atoms with E-state index in [1.165, 1.54) is 16.9 Å². The van der Waals surface area contributed by atoms with Crippen LogP contribution < -0.4 is 10.6 Å². The summed E-state index contributed by atoms with van der Waals surface area (Å²) in [6.45, 7) is 2.28. The second-order valence-electron chi connectivity index (χ2n) is 10.6. The number of hydrogen-bond donors (Lipinski definition) is 2. The lowest BCUT2D eigenvalue weighted by Gasteiger charge is -2.33. The molecule has 3 amide bonds. The molecule has 39 heavy (non-hydrogen) atoms. The van der Waals surface area contributed by atoms with Gasteiger partial charge in [-0.25, -0.2) is 31.9 Å². The van der Waals surface area contributed by atoms with Crippen LogP contribution in [0, 0.1) is 5.92 Å². The molecule has 0 spiro atoms. The Morgan fingerprint density at radius 3 is 2.64 bits per heavy atom. The molecule has 2 aliphatic rings. The van der Waals surface area contributed by atoms with E-state index in [9.17, 15) is 27.2 Å². The summed E-state index contributed by atoms with van der Waals surface area (Å²) in [6.07, 6.45) is 4.43. The highest BCUT2D eigenvalue weighted by Gasteiger charge is 2.40. The number of aromatic nitrogens is 5. The molecule has 0 aromatic carbocycles. The minimum absolute atomic E-state index is 0.0627. The number of halogens is 4. The fraction of sp³-hybridized carbons (Fsp3) is 0.560. The minimum Gasteiger partial charge on any atom is -0.342 e.